The van der Waals surface area contributed by atoms with E-state index < -0.39 is 16.4 Å². The van der Waals surface area contributed by atoms with E-state index in [0.717, 1.165) is 23.6 Å². The monoisotopic (exact) mass is 421 g/mol. The second-order valence-corrected chi connectivity index (χ2v) is 8.51. The molecule has 2 bridgehead atoms. The fourth-order valence-electron chi connectivity index (χ4n) is 5.60. The number of nitrogens with zero attached hydrogens (tertiary/aromatic N) is 3. The highest BCUT2D eigenvalue weighted by Crippen LogP contribution is 2.65. The third-order valence-electron chi connectivity index (χ3n) is 6.99. The van der Waals surface area contributed by atoms with Crippen LogP contribution in [0, 0.1) is 51.4 Å². The normalized spacial score (nSPS) is 32.6. The Balaban J connectivity index is 1.26. The molecule has 0 radical (unpaired) electrons. The molecule has 0 spiro atoms. The third-order valence-corrected chi connectivity index (χ3v) is 6.99. The number of nitro benzene ring substituents is 1. The maximum Gasteiger partial charge on any atom is 0.283 e. The molecule has 2 saturated carbocycles. The van der Waals surface area contributed by atoms with Crippen LogP contribution in [0.3, 0.4) is 0 Å². The van der Waals surface area contributed by atoms with Gasteiger partial charge in [0.25, 0.3) is 17.5 Å². The summed E-state index contributed by atoms with van der Waals surface area (Å²) in [5.41, 5.74) is -0.305. The molecular weight excluding hydrogens is 405 g/mol. The summed E-state index contributed by atoms with van der Waals surface area (Å²) in [5, 5.41) is 16.2. The van der Waals surface area contributed by atoms with Crippen molar-refractivity contribution in [3.05, 3.63) is 64.2 Å². The van der Waals surface area contributed by atoms with Crippen LogP contribution in [-0.4, -0.2) is 28.0 Å². The van der Waals surface area contributed by atoms with E-state index in [-0.39, 0.29) is 52.6 Å². The first-order chi connectivity index (χ1) is 14.9. The van der Waals surface area contributed by atoms with E-state index in [2.05, 4.69) is 17.3 Å². The number of hydrogen-bond acceptors (Lipinski definition) is 6. The topological polar surface area (TPSA) is 106 Å². The fraction of sp³-hybridized carbons (Fsp3) is 0.318. The molecule has 1 aromatic carbocycles. The van der Waals surface area contributed by atoms with Crippen molar-refractivity contribution in [1.29, 1.82) is 0 Å². The van der Waals surface area contributed by atoms with Crippen LogP contribution in [0.1, 0.15) is 12.2 Å². The van der Waals surface area contributed by atoms with Gasteiger partial charge < -0.3 is 4.42 Å². The van der Waals surface area contributed by atoms with Gasteiger partial charge in [-0.05, 0) is 54.4 Å². The smallest absolute Gasteiger partial charge is 0.283 e. The SMILES string of the molecule is O=C1[C@@H]2[C@H]3C=C[C@@H]([C@@H]4C[C@@H]34)[C@@H]2C(=O)N1/N=C\c1ccc(-c2ccc(F)cc2[N+](=O)[O-])o1. The second-order valence-electron chi connectivity index (χ2n) is 8.51. The van der Waals surface area contributed by atoms with Gasteiger partial charge in [-0.15, -0.1) is 0 Å². The van der Waals surface area contributed by atoms with E-state index in [4.69, 9.17) is 4.42 Å². The Hall–Kier alpha value is -3.62. The lowest BCUT2D eigenvalue weighted by molar-refractivity contribution is -0.384. The highest BCUT2D eigenvalue weighted by Gasteiger charge is 2.67. The summed E-state index contributed by atoms with van der Waals surface area (Å²) < 4.78 is 19.0. The first-order valence-corrected chi connectivity index (χ1v) is 10.1. The largest absolute Gasteiger partial charge is 0.455 e. The average molecular weight is 421 g/mol. The zero-order valence-electron chi connectivity index (χ0n) is 16.1. The number of amides is 2. The van der Waals surface area contributed by atoms with E-state index in [1.807, 2.05) is 0 Å². The number of rotatable bonds is 4. The molecule has 2 amide bonds. The molecule has 9 heteroatoms. The molecule has 0 N–H and O–H groups in total. The van der Waals surface area contributed by atoms with Crippen LogP contribution in [0.4, 0.5) is 10.1 Å². The molecule has 6 atom stereocenters. The number of furan rings is 1. The molecule has 1 saturated heterocycles. The Morgan fingerprint density at radius 2 is 1.77 bits per heavy atom. The van der Waals surface area contributed by atoms with Gasteiger partial charge >= 0.3 is 0 Å². The quantitative estimate of drug-likeness (QED) is 0.247. The predicted molar refractivity (Wildman–Crippen MR) is 105 cm³/mol. The number of allylic oxidation sites excluding steroid dienone is 2. The van der Waals surface area contributed by atoms with Crippen LogP contribution in [0.15, 0.2) is 52.0 Å². The minimum absolute atomic E-state index is 0.117. The summed E-state index contributed by atoms with van der Waals surface area (Å²) in [5.74, 6) is -0.332. The molecule has 7 rings (SSSR count). The highest BCUT2D eigenvalue weighted by atomic mass is 19.1. The number of imide groups is 1. The van der Waals surface area contributed by atoms with Crippen LogP contribution in [-0.2, 0) is 9.59 Å². The lowest BCUT2D eigenvalue weighted by Crippen LogP contribution is -2.40. The molecule has 156 valence electrons. The van der Waals surface area contributed by atoms with Crippen LogP contribution in [0.5, 0.6) is 0 Å². The summed E-state index contributed by atoms with van der Waals surface area (Å²) in [7, 11) is 0. The molecule has 4 aliphatic carbocycles. The number of halogens is 1. The van der Waals surface area contributed by atoms with Gasteiger partial charge in [0.05, 0.1) is 34.6 Å². The van der Waals surface area contributed by atoms with E-state index >= 15 is 0 Å². The van der Waals surface area contributed by atoms with Crippen molar-refractivity contribution in [2.75, 3.05) is 0 Å². The van der Waals surface area contributed by atoms with E-state index in [0.29, 0.717) is 11.8 Å². The van der Waals surface area contributed by atoms with Crippen molar-refractivity contribution >= 4 is 23.7 Å². The van der Waals surface area contributed by atoms with Crippen LogP contribution in [0.25, 0.3) is 11.3 Å². The Morgan fingerprint density at radius 3 is 2.42 bits per heavy atom. The van der Waals surface area contributed by atoms with Gasteiger partial charge in [-0.2, -0.15) is 10.1 Å². The number of benzene rings is 1. The number of nitro groups is 1. The Kier molecular flexibility index (Phi) is 3.63. The van der Waals surface area contributed by atoms with Crippen molar-refractivity contribution < 1.29 is 23.3 Å². The van der Waals surface area contributed by atoms with Gasteiger partial charge in [0.2, 0.25) is 0 Å². The molecule has 2 heterocycles. The lowest BCUT2D eigenvalue weighted by atomic mass is 9.63. The number of carbonyl (C=O) groups is 2. The van der Waals surface area contributed by atoms with Crippen LogP contribution >= 0.6 is 0 Å². The van der Waals surface area contributed by atoms with Gasteiger partial charge in [-0.25, -0.2) is 4.39 Å². The second kappa shape index (κ2) is 6.19. The summed E-state index contributed by atoms with van der Waals surface area (Å²) in [6, 6.07) is 6.20. The van der Waals surface area contributed by atoms with Crippen molar-refractivity contribution in [2.45, 2.75) is 6.42 Å². The zero-order valence-corrected chi connectivity index (χ0v) is 16.1. The van der Waals surface area contributed by atoms with E-state index in [1.54, 1.807) is 0 Å². The highest BCUT2D eigenvalue weighted by molar-refractivity contribution is 6.06. The molecule has 3 fully saturated rings. The summed E-state index contributed by atoms with van der Waals surface area (Å²) >= 11 is 0. The van der Waals surface area contributed by atoms with Crippen LogP contribution < -0.4 is 0 Å². The fourth-order valence-corrected chi connectivity index (χ4v) is 5.60. The first-order valence-electron chi connectivity index (χ1n) is 10.1. The van der Waals surface area contributed by atoms with Gasteiger partial charge in [0.1, 0.15) is 17.3 Å². The molecular formula is C22H16FN3O5. The predicted octanol–water partition coefficient (Wildman–Crippen LogP) is 3.38. The van der Waals surface area contributed by atoms with E-state index in [1.165, 1.54) is 24.4 Å². The van der Waals surface area contributed by atoms with Crippen LogP contribution in [0.2, 0.25) is 0 Å². The van der Waals surface area contributed by atoms with Crippen molar-refractivity contribution in [3.63, 3.8) is 0 Å². The third kappa shape index (κ3) is 2.55. The van der Waals surface area contributed by atoms with Crippen molar-refractivity contribution in [2.24, 2.45) is 40.6 Å². The Labute approximate surface area is 175 Å². The summed E-state index contributed by atoms with van der Waals surface area (Å²) in [6.45, 7) is 0. The molecule has 31 heavy (non-hydrogen) atoms. The molecule has 0 unspecified atom stereocenters. The van der Waals surface area contributed by atoms with Crippen molar-refractivity contribution in [1.82, 2.24) is 5.01 Å². The van der Waals surface area contributed by atoms with Gasteiger partial charge in [-0.3, -0.25) is 19.7 Å². The number of carbonyl (C=O) groups excluding carboxylic acids is 2. The average Bonchev–Trinajstić information content (AvgIpc) is 3.39. The van der Waals surface area contributed by atoms with Gasteiger partial charge in [0, 0.05) is 0 Å². The van der Waals surface area contributed by atoms with Gasteiger partial charge in [-0.1, -0.05) is 12.2 Å². The minimum Gasteiger partial charge on any atom is -0.455 e. The standard InChI is InChI=1S/C22H16FN3O5/c23-10-1-3-14(17(7-10)26(29)30)18-6-2-11(31-18)9-24-25-21(27)19-12-4-5-13(16-8-15(12)16)20(19)22(25)28/h1-7,9,12-13,15-16,19-20H,8H2/b24-9-/t12-,13-,15-,16-,19-,20+/m0/s1. The first kappa shape index (κ1) is 18.2. The summed E-state index contributed by atoms with van der Waals surface area (Å²) in [4.78, 5) is 36.4. The lowest BCUT2D eigenvalue weighted by Gasteiger charge is -2.37. The number of hydrogen-bond donors (Lipinski definition) is 0. The molecule has 1 aliphatic heterocycles. The zero-order chi connectivity index (χ0) is 21.4. The minimum atomic E-state index is -0.725. The summed E-state index contributed by atoms with van der Waals surface area (Å²) in [6.07, 6.45) is 6.52. The van der Waals surface area contributed by atoms with E-state index in [9.17, 15) is 24.1 Å². The van der Waals surface area contributed by atoms with Crippen molar-refractivity contribution in [3.8, 4) is 11.3 Å². The maximum absolute atomic E-state index is 13.4. The molecule has 5 aliphatic rings. The molecule has 2 aromatic rings. The van der Waals surface area contributed by atoms with Gasteiger partial charge in [0.15, 0.2) is 0 Å². The number of hydrazone groups is 1. The molecule has 1 aromatic heterocycles. The Morgan fingerprint density at radius 1 is 1.10 bits per heavy atom. The maximum atomic E-state index is 13.4. The Bertz CT molecular complexity index is 1180. The molecule has 8 nitrogen and oxygen atoms in total.